The molecule has 0 unspecified atom stereocenters. The Hall–Kier alpha value is -2.94. The highest BCUT2D eigenvalue weighted by atomic mass is 19.3. The number of benzene rings is 1. The molecule has 1 amide bonds. The Labute approximate surface area is 178 Å². The Morgan fingerprint density at radius 2 is 1.81 bits per heavy atom. The number of para-hydroxylation sites is 1. The Morgan fingerprint density at radius 1 is 1.16 bits per heavy atom. The van der Waals surface area contributed by atoms with Crippen LogP contribution in [0, 0.1) is 5.92 Å². The van der Waals surface area contributed by atoms with Gasteiger partial charge in [0.1, 0.15) is 5.69 Å². The van der Waals surface area contributed by atoms with Crippen LogP contribution in [0.25, 0.3) is 16.9 Å². The van der Waals surface area contributed by atoms with Crippen LogP contribution in [-0.2, 0) is 0 Å². The van der Waals surface area contributed by atoms with E-state index in [0.29, 0.717) is 16.5 Å². The summed E-state index contributed by atoms with van der Waals surface area (Å²) >= 11 is 0. The van der Waals surface area contributed by atoms with Gasteiger partial charge in [-0.15, -0.1) is 0 Å². The summed E-state index contributed by atoms with van der Waals surface area (Å²) in [5.74, 6) is 0.0625. The first-order chi connectivity index (χ1) is 14.7. The Bertz CT molecular complexity index is 1070. The number of rotatable bonds is 5. The molecule has 0 bridgehead atoms. The van der Waals surface area contributed by atoms with E-state index in [1.54, 1.807) is 24.3 Å². The quantitative estimate of drug-likeness (QED) is 0.643. The minimum Gasteiger partial charge on any atom is -0.390 e. The van der Waals surface area contributed by atoms with Gasteiger partial charge in [0.05, 0.1) is 16.7 Å². The first-order valence-electron chi connectivity index (χ1n) is 10.4. The largest absolute Gasteiger partial charge is 0.390 e. The van der Waals surface area contributed by atoms with E-state index in [-0.39, 0.29) is 29.5 Å². The molecule has 0 aliphatic heterocycles. The van der Waals surface area contributed by atoms with Crippen molar-refractivity contribution in [1.82, 2.24) is 25.1 Å². The molecule has 2 heterocycles. The smallest absolute Gasteiger partial charge is 0.282 e. The number of alkyl halides is 2. The molecule has 1 aliphatic rings. The van der Waals surface area contributed by atoms with Crippen molar-refractivity contribution in [1.29, 1.82) is 0 Å². The van der Waals surface area contributed by atoms with E-state index in [1.165, 1.54) is 17.1 Å². The fourth-order valence-corrected chi connectivity index (χ4v) is 4.16. The van der Waals surface area contributed by atoms with Crippen LogP contribution in [0.2, 0.25) is 0 Å². The zero-order valence-corrected chi connectivity index (χ0v) is 17.4. The lowest BCUT2D eigenvalue weighted by Crippen LogP contribution is -2.41. The number of hydrogen-bond acceptors (Lipinski definition) is 5. The number of halogens is 2. The molecule has 0 atom stereocenters. The van der Waals surface area contributed by atoms with Gasteiger partial charge < -0.3 is 10.4 Å². The summed E-state index contributed by atoms with van der Waals surface area (Å²) in [4.78, 5) is 20.9. The summed E-state index contributed by atoms with van der Waals surface area (Å²) in [7, 11) is 0. The number of aliphatic hydroxyl groups is 1. The highest BCUT2D eigenvalue weighted by Gasteiger charge is 2.32. The molecule has 1 aromatic carbocycles. The van der Waals surface area contributed by atoms with Crippen LogP contribution in [0.1, 0.15) is 62.0 Å². The van der Waals surface area contributed by atoms with E-state index >= 15 is 0 Å². The standard InChI is InChI=1S/C22H25F2N5O2/c1-22(2,31)14-7-9-15(10-8-14)27-20(30)13-11-25-21(26-12-13)29-17-6-4-3-5-16(17)18(28-29)19(23)24/h3-6,11-12,14-15,19,31H,7-10H2,1-2H3,(H,27,30). The molecule has 164 valence electrons. The van der Waals surface area contributed by atoms with Gasteiger partial charge >= 0.3 is 0 Å². The number of carbonyl (C=O) groups excluding carboxylic acids is 1. The van der Waals surface area contributed by atoms with Crippen LogP contribution >= 0.6 is 0 Å². The normalized spacial score (nSPS) is 19.7. The van der Waals surface area contributed by atoms with Gasteiger partial charge in [-0.2, -0.15) is 9.78 Å². The average molecular weight is 429 g/mol. The van der Waals surface area contributed by atoms with Crippen molar-refractivity contribution in [2.24, 2.45) is 5.92 Å². The summed E-state index contributed by atoms with van der Waals surface area (Å²) in [6.45, 7) is 3.64. The van der Waals surface area contributed by atoms with Crippen molar-refractivity contribution in [3.8, 4) is 5.95 Å². The van der Waals surface area contributed by atoms with Gasteiger partial charge in [0.2, 0.25) is 0 Å². The molecule has 0 saturated heterocycles. The van der Waals surface area contributed by atoms with Crippen molar-refractivity contribution in [2.75, 3.05) is 0 Å². The van der Waals surface area contributed by atoms with Crippen LogP contribution < -0.4 is 5.32 Å². The number of nitrogens with one attached hydrogen (secondary N) is 1. The highest BCUT2D eigenvalue weighted by Crippen LogP contribution is 2.32. The SMILES string of the molecule is CC(C)(O)C1CCC(NC(=O)c2cnc(-n3nc(C(F)F)c4ccccc43)nc2)CC1. The molecule has 1 saturated carbocycles. The third-order valence-electron chi connectivity index (χ3n) is 5.97. The molecule has 1 aliphatic carbocycles. The van der Waals surface area contributed by atoms with Gasteiger partial charge in [-0.1, -0.05) is 18.2 Å². The Morgan fingerprint density at radius 3 is 2.42 bits per heavy atom. The van der Waals surface area contributed by atoms with Crippen LogP contribution in [0.15, 0.2) is 36.7 Å². The van der Waals surface area contributed by atoms with Crippen LogP contribution in [0.3, 0.4) is 0 Å². The summed E-state index contributed by atoms with van der Waals surface area (Å²) in [5, 5.41) is 17.5. The first kappa shape index (κ1) is 21.3. The van der Waals surface area contributed by atoms with Crippen LogP contribution in [0.5, 0.6) is 0 Å². The summed E-state index contributed by atoms with van der Waals surface area (Å²) in [6.07, 6.45) is 3.33. The summed E-state index contributed by atoms with van der Waals surface area (Å²) in [6, 6.07) is 6.68. The van der Waals surface area contributed by atoms with E-state index < -0.39 is 12.0 Å². The van der Waals surface area contributed by atoms with Crippen molar-refractivity contribution in [2.45, 2.75) is 57.6 Å². The third kappa shape index (κ3) is 4.41. The van der Waals surface area contributed by atoms with E-state index in [2.05, 4.69) is 20.4 Å². The molecule has 9 heteroatoms. The topological polar surface area (TPSA) is 92.9 Å². The minimum absolute atomic E-state index is 0.0365. The molecule has 1 fully saturated rings. The number of hydrogen-bond donors (Lipinski definition) is 2. The molecule has 31 heavy (non-hydrogen) atoms. The minimum atomic E-state index is -2.72. The number of nitrogens with zero attached hydrogens (tertiary/aromatic N) is 4. The number of amides is 1. The average Bonchev–Trinajstić information content (AvgIpc) is 3.14. The van der Waals surface area contributed by atoms with Gasteiger partial charge in [-0.3, -0.25) is 4.79 Å². The lowest BCUT2D eigenvalue weighted by atomic mass is 9.77. The maximum absolute atomic E-state index is 13.3. The van der Waals surface area contributed by atoms with E-state index in [4.69, 9.17) is 0 Å². The second kappa shape index (κ2) is 8.30. The van der Waals surface area contributed by atoms with E-state index in [1.807, 2.05) is 13.8 Å². The third-order valence-corrected chi connectivity index (χ3v) is 5.97. The molecule has 2 aromatic heterocycles. The molecule has 0 spiro atoms. The van der Waals surface area contributed by atoms with Gasteiger partial charge in [0, 0.05) is 23.8 Å². The van der Waals surface area contributed by atoms with Crippen LogP contribution in [-0.4, -0.2) is 42.4 Å². The van der Waals surface area contributed by atoms with E-state index in [9.17, 15) is 18.7 Å². The molecule has 7 nitrogen and oxygen atoms in total. The Balaban J connectivity index is 1.47. The van der Waals surface area contributed by atoms with E-state index in [0.717, 1.165) is 25.7 Å². The number of aromatic nitrogens is 4. The maximum atomic E-state index is 13.3. The summed E-state index contributed by atoms with van der Waals surface area (Å²) < 4.78 is 27.9. The lowest BCUT2D eigenvalue weighted by Gasteiger charge is -2.36. The molecule has 3 aromatic rings. The van der Waals surface area contributed by atoms with Crippen molar-refractivity contribution in [3.05, 3.63) is 47.9 Å². The van der Waals surface area contributed by atoms with Crippen molar-refractivity contribution < 1.29 is 18.7 Å². The summed E-state index contributed by atoms with van der Waals surface area (Å²) in [5.41, 5.74) is -0.278. The van der Waals surface area contributed by atoms with Gasteiger partial charge in [-0.25, -0.2) is 18.7 Å². The molecule has 2 N–H and O–H groups in total. The zero-order chi connectivity index (χ0) is 22.2. The number of fused-ring (bicyclic) bond motifs is 1. The fraction of sp³-hybridized carbons (Fsp3) is 0.455. The predicted octanol–water partition coefficient (Wildman–Crippen LogP) is 3.81. The van der Waals surface area contributed by atoms with Crippen LogP contribution in [0.4, 0.5) is 8.78 Å². The van der Waals surface area contributed by atoms with Gasteiger partial charge in [0.25, 0.3) is 18.3 Å². The monoisotopic (exact) mass is 429 g/mol. The second-order valence-corrected chi connectivity index (χ2v) is 8.56. The van der Waals surface area contributed by atoms with Crippen molar-refractivity contribution >= 4 is 16.8 Å². The van der Waals surface area contributed by atoms with Crippen molar-refractivity contribution in [3.63, 3.8) is 0 Å². The van der Waals surface area contributed by atoms with Gasteiger partial charge in [-0.05, 0) is 51.5 Å². The second-order valence-electron chi connectivity index (χ2n) is 8.56. The lowest BCUT2D eigenvalue weighted by molar-refractivity contribution is -0.00257. The molecule has 0 radical (unpaired) electrons. The predicted molar refractivity (Wildman–Crippen MR) is 111 cm³/mol. The number of carbonyl (C=O) groups is 1. The molecular formula is C22H25F2N5O2. The highest BCUT2D eigenvalue weighted by molar-refractivity contribution is 5.93. The molecular weight excluding hydrogens is 404 g/mol. The maximum Gasteiger partial charge on any atom is 0.282 e. The van der Waals surface area contributed by atoms with Gasteiger partial charge in [0.15, 0.2) is 0 Å². The Kier molecular flexibility index (Phi) is 5.70. The zero-order valence-electron chi connectivity index (χ0n) is 17.4. The molecule has 4 rings (SSSR count). The first-order valence-corrected chi connectivity index (χ1v) is 10.4. The fourth-order valence-electron chi connectivity index (χ4n) is 4.16.